The topological polar surface area (TPSA) is 66.0 Å². The first-order valence-corrected chi connectivity index (χ1v) is 11.4. The summed E-state index contributed by atoms with van der Waals surface area (Å²) in [7, 11) is 0. The Bertz CT molecular complexity index is 1040. The zero-order valence-corrected chi connectivity index (χ0v) is 20.1. The van der Waals surface area contributed by atoms with Crippen LogP contribution < -0.4 is 15.5 Å². The average Bonchev–Trinajstić information content (AvgIpc) is 3.07. The fraction of sp³-hybridized carbons (Fsp3) is 0.400. The molecular formula is C25H32ClFN6. The Morgan fingerprint density at radius 3 is 2.27 bits per heavy atom. The van der Waals surface area contributed by atoms with Crippen molar-refractivity contribution in [2.24, 2.45) is 0 Å². The van der Waals surface area contributed by atoms with E-state index >= 15 is 0 Å². The number of halogens is 2. The van der Waals surface area contributed by atoms with Crippen molar-refractivity contribution in [1.29, 1.82) is 0 Å². The summed E-state index contributed by atoms with van der Waals surface area (Å²) in [6.45, 7) is 6.42. The Morgan fingerprint density at radius 2 is 1.58 bits per heavy atom. The van der Waals surface area contributed by atoms with Crippen LogP contribution in [-0.4, -0.2) is 34.6 Å². The monoisotopic (exact) mass is 470 g/mol. The molecule has 0 aliphatic carbocycles. The number of aromatic nitrogens is 3. The van der Waals surface area contributed by atoms with Gasteiger partial charge in [-0.15, -0.1) is 12.4 Å². The Labute approximate surface area is 201 Å². The van der Waals surface area contributed by atoms with Gasteiger partial charge < -0.3 is 15.5 Å². The quantitative estimate of drug-likeness (QED) is 0.453. The molecule has 6 nitrogen and oxygen atoms in total. The maximum Gasteiger partial charge on any atom is 0.233 e. The zero-order valence-electron chi connectivity index (χ0n) is 19.3. The van der Waals surface area contributed by atoms with E-state index < -0.39 is 0 Å². The molecule has 0 spiro atoms. The smallest absolute Gasteiger partial charge is 0.233 e. The molecule has 1 aliphatic heterocycles. The highest BCUT2D eigenvalue weighted by atomic mass is 35.5. The lowest BCUT2D eigenvalue weighted by Crippen LogP contribution is -2.27. The molecule has 176 valence electrons. The Kier molecular flexibility index (Phi) is 8.83. The predicted octanol–water partition coefficient (Wildman–Crippen LogP) is 5.83. The molecule has 1 aliphatic rings. The summed E-state index contributed by atoms with van der Waals surface area (Å²) in [4.78, 5) is 16.1. The number of rotatable bonds is 7. The molecule has 2 heterocycles. The number of nitrogens with zero attached hydrogens (tertiary/aromatic N) is 4. The number of aryl methyl sites for hydroxylation is 2. The maximum atomic E-state index is 14.0. The van der Waals surface area contributed by atoms with Crippen molar-refractivity contribution < 1.29 is 4.39 Å². The van der Waals surface area contributed by atoms with Gasteiger partial charge in [-0.05, 0) is 56.4 Å². The molecule has 1 fully saturated rings. The summed E-state index contributed by atoms with van der Waals surface area (Å²) in [5, 5.41) is 6.50. The number of benzene rings is 2. The van der Waals surface area contributed by atoms with Crippen molar-refractivity contribution in [2.75, 3.05) is 35.2 Å². The highest BCUT2D eigenvalue weighted by Gasteiger charge is 2.16. The number of nitrogens with one attached hydrogen (secondary N) is 2. The van der Waals surface area contributed by atoms with Gasteiger partial charge in [0.05, 0.1) is 0 Å². The first-order valence-electron chi connectivity index (χ1n) is 11.4. The minimum Gasteiger partial charge on any atom is -0.354 e. The fourth-order valence-corrected chi connectivity index (χ4v) is 3.78. The minimum absolute atomic E-state index is 0. The molecule has 1 saturated heterocycles. The van der Waals surface area contributed by atoms with Crippen molar-refractivity contribution in [2.45, 2.75) is 46.0 Å². The van der Waals surface area contributed by atoms with Gasteiger partial charge in [0, 0.05) is 25.3 Å². The molecule has 2 aromatic carbocycles. The fourth-order valence-electron chi connectivity index (χ4n) is 3.78. The van der Waals surface area contributed by atoms with Crippen LogP contribution in [0.3, 0.4) is 0 Å². The number of hydrogen-bond donors (Lipinski definition) is 2. The maximum absolute atomic E-state index is 14.0. The van der Waals surface area contributed by atoms with E-state index in [9.17, 15) is 4.39 Å². The molecule has 33 heavy (non-hydrogen) atoms. The van der Waals surface area contributed by atoms with Crippen molar-refractivity contribution in [1.82, 2.24) is 15.0 Å². The van der Waals surface area contributed by atoms with E-state index in [0.29, 0.717) is 35.6 Å². The second-order valence-electron chi connectivity index (χ2n) is 8.44. The number of anilines is 4. The van der Waals surface area contributed by atoms with Crippen molar-refractivity contribution in [3.05, 3.63) is 65.0 Å². The lowest BCUT2D eigenvalue weighted by molar-refractivity contribution is 0.619. The van der Waals surface area contributed by atoms with E-state index in [-0.39, 0.29) is 18.2 Å². The van der Waals surface area contributed by atoms with E-state index in [2.05, 4.69) is 56.7 Å². The van der Waals surface area contributed by atoms with Crippen molar-refractivity contribution >= 4 is 35.9 Å². The van der Waals surface area contributed by atoms with E-state index in [1.807, 2.05) is 6.07 Å². The Morgan fingerprint density at radius 1 is 0.879 bits per heavy atom. The predicted molar refractivity (Wildman–Crippen MR) is 136 cm³/mol. The van der Waals surface area contributed by atoms with Gasteiger partial charge in [-0.3, -0.25) is 0 Å². The summed E-state index contributed by atoms with van der Waals surface area (Å²) < 4.78 is 14.0. The molecule has 8 heteroatoms. The molecule has 4 rings (SSSR count). The molecule has 0 atom stereocenters. The third kappa shape index (κ3) is 7.02. The first-order chi connectivity index (χ1) is 15.6. The van der Waals surface area contributed by atoms with Gasteiger partial charge in [-0.1, -0.05) is 48.7 Å². The van der Waals surface area contributed by atoms with Crippen molar-refractivity contribution in [3.8, 4) is 0 Å². The average molecular weight is 471 g/mol. The molecule has 1 aromatic heterocycles. The molecule has 2 N–H and O–H groups in total. The van der Waals surface area contributed by atoms with Crippen LogP contribution in [0.2, 0.25) is 0 Å². The molecule has 0 amide bonds. The molecule has 3 aromatic rings. The highest BCUT2D eigenvalue weighted by Crippen LogP contribution is 2.22. The van der Waals surface area contributed by atoms with Crippen LogP contribution in [0, 0.1) is 19.7 Å². The van der Waals surface area contributed by atoms with Crippen LogP contribution >= 0.6 is 12.4 Å². The molecule has 0 saturated carbocycles. The summed E-state index contributed by atoms with van der Waals surface area (Å²) in [6, 6.07) is 13.6. The van der Waals surface area contributed by atoms with Gasteiger partial charge >= 0.3 is 0 Å². The van der Waals surface area contributed by atoms with Gasteiger partial charge in [0.15, 0.2) is 0 Å². The van der Waals surface area contributed by atoms with Gasteiger partial charge in [0.2, 0.25) is 17.8 Å². The lowest BCUT2D eigenvalue weighted by atomic mass is 10.1. The first kappa shape index (κ1) is 24.7. The van der Waals surface area contributed by atoms with Crippen LogP contribution in [0.1, 0.15) is 42.4 Å². The van der Waals surface area contributed by atoms with E-state index in [0.717, 1.165) is 32.4 Å². The molecule has 0 radical (unpaired) electrons. The van der Waals surface area contributed by atoms with E-state index in [1.54, 1.807) is 13.0 Å². The van der Waals surface area contributed by atoms with Crippen LogP contribution in [0.4, 0.5) is 27.9 Å². The summed E-state index contributed by atoms with van der Waals surface area (Å²) in [6.07, 6.45) is 5.60. The van der Waals surface area contributed by atoms with Gasteiger partial charge in [0.1, 0.15) is 5.82 Å². The summed E-state index contributed by atoms with van der Waals surface area (Å²) in [5.41, 5.74) is 3.74. The third-order valence-electron chi connectivity index (χ3n) is 5.76. The van der Waals surface area contributed by atoms with Gasteiger partial charge in [0.25, 0.3) is 0 Å². The Balaban J connectivity index is 0.00000306. The second kappa shape index (κ2) is 11.8. The van der Waals surface area contributed by atoms with Gasteiger partial charge in [-0.25, -0.2) is 4.39 Å². The van der Waals surface area contributed by atoms with E-state index in [1.165, 1.54) is 30.0 Å². The highest BCUT2D eigenvalue weighted by molar-refractivity contribution is 5.85. The van der Waals surface area contributed by atoms with Gasteiger partial charge in [-0.2, -0.15) is 15.0 Å². The SMILES string of the molecule is Cc1ccc(CCNc2nc(Nc3ccc(C)c(F)c3)nc(N3CCCCCC3)n2)cc1.Cl. The van der Waals surface area contributed by atoms with E-state index in [4.69, 9.17) is 4.98 Å². The van der Waals surface area contributed by atoms with Crippen molar-refractivity contribution in [3.63, 3.8) is 0 Å². The normalized spacial score (nSPS) is 13.7. The standard InChI is InChI=1S/C25H31FN6.ClH/c1-18-7-10-20(11-8-18)13-14-27-23-29-24(28-21-12-9-19(2)22(26)17-21)31-25(30-23)32-15-5-3-4-6-16-32;/h7-12,17H,3-6,13-16H2,1-2H3,(H2,27,28,29,30,31);1H. The van der Waals surface area contributed by atoms with Crippen LogP contribution in [0.15, 0.2) is 42.5 Å². The zero-order chi connectivity index (χ0) is 22.3. The second-order valence-corrected chi connectivity index (χ2v) is 8.44. The molecule has 0 unspecified atom stereocenters. The third-order valence-corrected chi connectivity index (χ3v) is 5.76. The molecular weight excluding hydrogens is 439 g/mol. The van der Waals surface area contributed by atoms with Crippen LogP contribution in [0.5, 0.6) is 0 Å². The largest absolute Gasteiger partial charge is 0.354 e. The summed E-state index contributed by atoms with van der Waals surface area (Å²) in [5.74, 6) is 1.35. The summed E-state index contributed by atoms with van der Waals surface area (Å²) >= 11 is 0. The van der Waals surface area contributed by atoms with Crippen LogP contribution in [0.25, 0.3) is 0 Å². The lowest BCUT2D eigenvalue weighted by Gasteiger charge is -2.21. The minimum atomic E-state index is -0.256. The number of hydrogen-bond acceptors (Lipinski definition) is 6. The Hall–Kier alpha value is -2.93. The van der Waals surface area contributed by atoms with Crippen LogP contribution in [-0.2, 0) is 6.42 Å². The molecule has 0 bridgehead atoms.